The number of carbonyl (C=O) groups excluding carboxylic acids is 3. The van der Waals surface area contributed by atoms with Gasteiger partial charge in [0.25, 0.3) is 5.91 Å². The summed E-state index contributed by atoms with van der Waals surface area (Å²) in [7, 11) is 0. The number of hydrogen-bond acceptors (Lipinski definition) is 7. The van der Waals surface area contributed by atoms with Gasteiger partial charge in [-0.05, 0) is 55.0 Å². The number of ether oxygens (including phenoxy) is 1. The van der Waals surface area contributed by atoms with E-state index in [-0.39, 0.29) is 22.4 Å². The highest BCUT2D eigenvalue weighted by Gasteiger charge is 2.56. The van der Waals surface area contributed by atoms with E-state index in [2.05, 4.69) is 10.3 Å². The number of anilines is 2. The minimum Gasteiger partial charge on any atom is -0.484 e. The van der Waals surface area contributed by atoms with Crippen molar-refractivity contribution in [3.05, 3.63) is 104 Å². The van der Waals surface area contributed by atoms with Gasteiger partial charge in [0, 0.05) is 16.5 Å². The second-order valence-electron chi connectivity index (χ2n) is 10.1. The van der Waals surface area contributed by atoms with E-state index >= 15 is 0 Å². The third-order valence-electron chi connectivity index (χ3n) is 7.20. The molecule has 3 amide bonds. The molecule has 1 fully saturated rings. The third-order valence-corrected chi connectivity index (χ3v) is 9.60. The highest BCUT2D eigenvalue weighted by molar-refractivity contribution is 8.00. The van der Waals surface area contributed by atoms with Crippen LogP contribution in [0.3, 0.4) is 0 Å². The quantitative estimate of drug-likeness (QED) is 0.271. The molecule has 13 heteroatoms. The summed E-state index contributed by atoms with van der Waals surface area (Å²) >= 11 is 2.19. The number of carbonyl (C=O) groups is 3. The summed E-state index contributed by atoms with van der Waals surface area (Å²) in [5.41, 5.74) is 1.26. The number of halogens is 3. The zero-order chi connectivity index (χ0) is 30.5. The van der Waals surface area contributed by atoms with Gasteiger partial charge in [-0.25, -0.2) is 4.90 Å². The molecule has 0 spiro atoms. The van der Waals surface area contributed by atoms with Crippen LogP contribution >= 0.6 is 23.1 Å². The predicted octanol–water partition coefficient (Wildman–Crippen LogP) is 5.58. The lowest BCUT2D eigenvalue weighted by Crippen LogP contribution is -2.32. The first kappa shape index (κ1) is 28.7. The number of benzene rings is 3. The molecule has 0 saturated carbocycles. The number of nitrogens with zero attached hydrogens (tertiary/aromatic N) is 1. The van der Waals surface area contributed by atoms with Crippen molar-refractivity contribution in [1.29, 1.82) is 0 Å². The molecule has 3 atom stereocenters. The number of thiazole rings is 1. The second kappa shape index (κ2) is 11.0. The SMILES string of the molecule is Cc1ccc(N2C(=O)C3Sc4[nH]c(=O)sc4[C@H](c4ccc(OCC(=O)Nc5cccc(C(F)(F)F)c5)cc4)C3C2=O)cc1. The lowest BCUT2D eigenvalue weighted by atomic mass is 9.83. The van der Waals surface area contributed by atoms with Crippen molar-refractivity contribution < 1.29 is 32.3 Å². The maximum Gasteiger partial charge on any atom is 0.416 e. The normalized spacial score (nSPS) is 19.6. The highest BCUT2D eigenvalue weighted by Crippen LogP contribution is 2.53. The van der Waals surface area contributed by atoms with E-state index in [4.69, 9.17) is 4.74 Å². The van der Waals surface area contributed by atoms with E-state index in [9.17, 15) is 32.3 Å². The number of thioether (sulfide) groups is 1. The number of aromatic amines is 1. The van der Waals surface area contributed by atoms with Crippen molar-refractivity contribution in [3.8, 4) is 5.75 Å². The largest absolute Gasteiger partial charge is 0.484 e. The molecular formula is C30H22F3N3O5S2. The number of alkyl halides is 3. The fourth-order valence-electron chi connectivity index (χ4n) is 5.22. The molecule has 3 aromatic carbocycles. The summed E-state index contributed by atoms with van der Waals surface area (Å²) in [6.45, 7) is 1.45. The molecule has 43 heavy (non-hydrogen) atoms. The molecule has 2 unspecified atom stereocenters. The fourth-order valence-corrected chi connectivity index (χ4v) is 7.73. The van der Waals surface area contributed by atoms with Crippen molar-refractivity contribution in [2.45, 2.75) is 29.3 Å². The predicted molar refractivity (Wildman–Crippen MR) is 156 cm³/mol. The molecule has 4 aromatic rings. The van der Waals surface area contributed by atoms with Crippen LogP contribution in [0.4, 0.5) is 24.5 Å². The highest BCUT2D eigenvalue weighted by atomic mass is 32.2. The first-order chi connectivity index (χ1) is 20.5. The standard InChI is InChI=1S/C30H22F3N3O5S2/c1-15-5-9-19(10-6-15)36-27(38)23-22(24-26(35-29(40)43-24)42-25(23)28(36)39)16-7-11-20(12-8-16)41-14-21(37)34-18-4-2-3-17(13-18)30(31,32)33/h2-13,22-23,25H,14H2,1H3,(H,34,37)(H,35,40)/t22-,23?,25?/m1/s1. The maximum atomic E-state index is 13.8. The average molecular weight is 626 g/mol. The Morgan fingerprint density at radius 1 is 1.00 bits per heavy atom. The molecule has 2 N–H and O–H groups in total. The number of amides is 3. The van der Waals surface area contributed by atoms with Gasteiger partial charge in [0.1, 0.15) is 11.0 Å². The van der Waals surface area contributed by atoms with E-state index in [1.54, 1.807) is 36.4 Å². The molecule has 8 nitrogen and oxygen atoms in total. The minimum atomic E-state index is -4.54. The van der Waals surface area contributed by atoms with Gasteiger partial charge in [-0.15, -0.1) is 0 Å². The monoisotopic (exact) mass is 625 g/mol. The minimum absolute atomic E-state index is 0.0137. The molecule has 220 valence electrons. The van der Waals surface area contributed by atoms with Crippen molar-refractivity contribution in [1.82, 2.24) is 4.98 Å². The van der Waals surface area contributed by atoms with Crippen LogP contribution < -0.4 is 19.8 Å². The second-order valence-corrected chi connectivity index (χ2v) is 12.2. The number of imide groups is 1. The molecule has 6 rings (SSSR count). The van der Waals surface area contributed by atoms with Gasteiger partial charge in [-0.1, -0.05) is 59.0 Å². The number of nitrogens with one attached hydrogen (secondary N) is 2. The molecule has 0 bridgehead atoms. The van der Waals surface area contributed by atoms with Crippen LogP contribution in [-0.2, 0) is 20.6 Å². The average Bonchev–Trinajstić information content (AvgIpc) is 3.46. The van der Waals surface area contributed by atoms with Crippen LogP contribution in [0.5, 0.6) is 5.75 Å². The van der Waals surface area contributed by atoms with Crippen LogP contribution in [0.1, 0.15) is 27.5 Å². The molecular weight excluding hydrogens is 603 g/mol. The van der Waals surface area contributed by atoms with Gasteiger partial charge in [-0.2, -0.15) is 13.2 Å². The number of fused-ring (bicyclic) bond motifs is 2. The summed E-state index contributed by atoms with van der Waals surface area (Å²) in [6, 6.07) is 18.0. The maximum absolute atomic E-state index is 13.8. The summed E-state index contributed by atoms with van der Waals surface area (Å²) in [6.07, 6.45) is -4.54. The van der Waals surface area contributed by atoms with E-state index in [0.29, 0.717) is 26.9 Å². The van der Waals surface area contributed by atoms with Crippen LogP contribution in [0.25, 0.3) is 0 Å². The van der Waals surface area contributed by atoms with E-state index < -0.39 is 41.3 Å². The van der Waals surface area contributed by atoms with Crippen LogP contribution in [0, 0.1) is 12.8 Å². The number of aryl methyl sites for hydroxylation is 1. The van der Waals surface area contributed by atoms with E-state index in [1.807, 2.05) is 19.1 Å². The number of H-pyrrole nitrogens is 1. The van der Waals surface area contributed by atoms with Gasteiger partial charge in [0.2, 0.25) is 11.8 Å². The molecule has 2 aliphatic heterocycles. The zero-order valence-corrected chi connectivity index (χ0v) is 23.9. The number of rotatable bonds is 6. The Morgan fingerprint density at radius 3 is 2.42 bits per heavy atom. The Bertz CT molecular complexity index is 1780. The summed E-state index contributed by atoms with van der Waals surface area (Å²) < 4.78 is 44.4. The number of aromatic nitrogens is 1. The van der Waals surface area contributed by atoms with Gasteiger partial charge in [0.15, 0.2) is 6.61 Å². The summed E-state index contributed by atoms with van der Waals surface area (Å²) in [4.78, 5) is 56.3. The topological polar surface area (TPSA) is 109 Å². The van der Waals surface area contributed by atoms with Crippen molar-refractivity contribution >= 4 is 52.2 Å². The van der Waals surface area contributed by atoms with E-state index in [0.717, 1.165) is 29.0 Å². The van der Waals surface area contributed by atoms with Gasteiger partial charge < -0.3 is 15.0 Å². The Morgan fingerprint density at radius 2 is 1.72 bits per heavy atom. The zero-order valence-electron chi connectivity index (χ0n) is 22.3. The lowest BCUT2D eigenvalue weighted by molar-refractivity contribution is -0.137. The molecule has 0 radical (unpaired) electrons. The summed E-state index contributed by atoms with van der Waals surface area (Å²) in [5.74, 6) is -2.36. The molecule has 2 aliphatic rings. The van der Waals surface area contributed by atoms with Crippen LogP contribution in [0.15, 0.2) is 82.6 Å². The molecule has 3 heterocycles. The Hall–Kier alpha value is -4.36. The molecule has 1 aromatic heterocycles. The third kappa shape index (κ3) is 5.57. The first-order valence-corrected chi connectivity index (χ1v) is 14.7. The van der Waals surface area contributed by atoms with E-state index in [1.165, 1.54) is 28.8 Å². The summed E-state index contributed by atoms with van der Waals surface area (Å²) in [5, 5.41) is 2.21. The Labute approximate surface area is 250 Å². The van der Waals surface area contributed by atoms with Crippen molar-refractivity contribution in [2.24, 2.45) is 5.92 Å². The Balaban J connectivity index is 1.21. The van der Waals surface area contributed by atoms with Gasteiger partial charge in [-0.3, -0.25) is 19.2 Å². The smallest absolute Gasteiger partial charge is 0.416 e. The first-order valence-electron chi connectivity index (χ1n) is 13.0. The van der Waals surface area contributed by atoms with Crippen molar-refractivity contribution in [3.63, 3.8) is 0 Å². The number of hydrogen-bond donors (Lipinski definition) is 2. The lowest BCUT2D eigenvalue weighted by Gasteiger charge is -2.29. The fraction of sp³-hybridized carbons (Fsp3) is 0.200. The van der Waals surface area contributed by atoms with Gasteiger partial charge >= 0.3 is 11.0 Å². The molecule has 0 aliphatic carbocycles. The Kier molecular flexibility index (Phi) is 7.38. The van der Waals surface area contributed by atoms with Crippen LogP contribution in [0.2, 0.25) is 0 Å². The van der Waals surface area contributed by atoms with Crippen LogP contribution in [-0.4, -0.2) is 34.6 Å². The molecule has 1 saturated heterocycles. The van der Waals surface area contributed by atoms with Gasteiger partial charge in [0.05, 0.1) is 22.2 Å². The van der Waals surface area contributed by atoms with Crippen molar-refractivity contribution in [2.75, 3.05) is 16.8 Å².